The molecule has 8 heteroatoms. The summed E-state index contributed by atoms with van der Waals surface area (Å²) in [6.45, 7) is 3.21. The van der Waals surface area contributed by atoms with E-state index in [9.17, 15) is 14.7 Å². The summed E-state index contributed by atoms with van der Waals surface area (Å²) >= 11 is 0. The zero-order valence-electron chi connectivity index (χ0n) is 20.6. The van der Waals surface area contributed by atoms with Crippen LogP contribution in [0.1, 0.15) is 26.3 Å². The van der Waals surface area contributed by atoms with Crippen LogP contribution in [0.25, 0.3) is 28.2 Å². The van der Waals surface area contributed by atoms with Crippen molar-refractivity contribution in [1.82, 2.24) is 19.4 Å². The van der Waals surface area contributed by atoms with Gasteiger partial charge in [-0.1, -0.05) is 18.2 Å². The van der Waals surface area contributed by atoms with Crippen molar-refractivity contribution in [2.24, 2.45) is 7.05 Å². The highest BCUT2D eigenvalue weighted by Crippen LogP contribution is 2.39. The first kappa shape index (κ1) is 23.0. The molecule has 0 aliphatic carbocycles. The number of rotatable bonds is 3. The molecule has 1 amide bonds. The van der Waals surface area contributed by atoms with Gasteiger partial charge in [0.05, 0.1) is 0 Å². The summed E-state index contributed by atoms with van der Waals surface area (Å²) < 4.78 is 7.69. The van der Waals surface area contributed by atoms with E-state index in [0.29, 0.717) is 11.3 Å². The lowest BCUT2D eigenvalue weighted by Crippen LogP contribution is -2.47. The molecular weight excluding hydrogens is 468 g/mol. The van der Waals surface area contributed by atoms with Crippen LogP contribution in [-0.4, -0.2) is 69.4 Å². The monoisotopic (exact) mass is 494 g/mol. The van der Waals surface area contributed by atoms with Crippen LogP contribution in [0.3, 0.4) is 0 Å². The Kier molecular flexibility index (Phi) is 5.53. The molecule has 0 radical (unpaired) electrons. The van der Waals surface area contributed by atoms with Crippen molar-refractivity contribution in [3.05, 3.63) is 83.4 Å². The summed E-state index contributed by atoms with van der Waals surface area (Å²) in [5, 5.41) is 11.0. The second-order valence-electron chi connectivity index (χ2n) is 9.52. The number of piperazine rings is 1. The van der Waals surface area contributed by atoms with Crippen molar-refractivity contribution in [1.29, 1.82) is 0 Å². The first-order chi connectivity index (χ1) is 17.9. The van der Waals surface area contributed by atoms with Gasteiger partial charge >= 0.3 is 0 Å². The second-order valence-corrected chi connectivity index (χ2v) is 9.52. The topological polar surface area (TPSA) is 87.9 Å². The van der Waals surface area contributed by atoms with Crippen LogP contribution in [0.2, 0.25) is 0 Å². The van der Waals surface area contributed by atoms with Crippen LogP contribution in [0.5, 0.6) is 11.5 Å². The highest BCUT2D eigenvalue weighted by Gasteiger charge is 2.30. The summed E-state index contributed by atoms with van der Waals surface area (Å²) in [7, 11) is 3.97. The summed E-state index contributed by atoms with van der Waals surface area (Å²) in [4.78, 5) is 34.6. The summed E-state index contributed by atoms with van der Waals surface area (Å²) in [5.74, 6) is 0.0754. The van der Waals surface area contributed by atoms with Gasteiger partial charge in [-0.15, -0.1) is 0 Å². The number of pyridine rings is 1. The molecule has 2 aromatic heterocycles. The Labute approximate surface area is 214 Å². The average molecular weight is 495 g/mol. The van der Waals surface area contributed by atoms with E-state index in [1.807, 2.05) is 53.0 Å². The number of aromatic hydroxyl groups is 1. The third-order valence-electron chi connectivity index (χ3n) is 7.08. The molecule has 186 valence electrons. The maximum atomic E-state index is 13.0. The third-order valence-corrected chi connectivity index (χ3v) is 7.08. The second kappa shape index (κ2) is 8.90. The molecule has 4 heterocycles. The number of carbonyl (C=O) groups is 2. The van der Waals surface area contributed by atoms with Crippen LogP contribution in [-0.2, 0) is 7.05 Å². The summed E-state index contributed by atoms with van der Waals surface area (Å²) in [6, 6.07) is 14.3. The van der Waals surface area contributed by atoms with E-state index in [2.05, 4.69) is 16.9 Å². The highest BCUT2D eigenvalue weighted by molar-refractivity contribution is 6.17. The van der Waals surface area contributed by atoms with E-state index in [1.54, 1.807) is 24.4 Å². The fourth-order valence-electron chi connectivity index (χ4n) is 5.03. The number of phenolic OH excluding ortho intramolecular Hbond substituents is 1. The molecule has 0 unspecified atom stereocenters. The molecule has 2 aliphatic rings. The number of hydrogen-bond acceptors (Lipinski definition) is 6. The predicted molar refractivity (Wildman–Crippen MR) is 141 cm³/mol. The SMILES string of the molecule is CN1CCN(C(=O)c2ccc(-c3ccnc4c3c(C=C3Oc5cccc(O)c5C3=O)cn4C)cc2)CC1. The highest BCUT2D eigenvalue weighted by atomic mass is 16.5. The number of benzene rings is 2. The zero-order valence-corrected chi connectivity index (χ0v) is 20.6. The summed E-state index contributed by atoms with van der Waals surface area (Å²) in [6.07, 6.45) is 5.35. The molecular formula is C29H26N4O4. The first-order valence-electron chi connectivity index (χ1n) is 12.2. The normalized spacial score (nSPS) is 16.9. The van der Waals surface area contributed by atoms with Gasteiger partial charge in [-0.3, -0.25) is 9.59 Å². The predicted octanol–water partition coefficient (Wildman–Crippen LogP) is 3.95. The van der Waals surface area contributed by atoms with E-state index < -0.39 is 0 Å². The van der Waals surface area contributed by atoms with Gasteiger partial charge in [0.15, 0.2) is 5.76 Å². The fraction of sp³-hybridized carbons (Fsp3) is 0.207. The molecule has 2 aliphatic heterocycles. The first-order valence-corrected chi connectivity index (χ1v) is 12.2. The Morgan fingerprint density at radius 3 is 2.51 bits per heavy atom. The quantitative estimate of drug-likeness (QED) is 0.434. The van der Waals surface area contributed by atoms with Crippen LogP contribution < -0.4 is 4.74 Å². The lowest BCUT2D eigenvalue weighted by Gasteiger charge is -2.32. The Morgan fingerprint density at radius 1 is 1.03 bits per heavy atom. The number of ketones is 1. The van der Waals surface area contributed by atoms with Gasteiger partial charge in [0, 0.05) is 62.1 Å². The van der Waals surface area contributed by atoms with E-state index >= 15 is 0 Å². The standard InChI is InChI=1S/C29H26N4O4/c1-31-12-14-33(15-13-31)29(36)19-8-6-18(7-9-19)21-10-11-30-28-25(21)20(17-32(28)2)16-24-27(35)26-22(34)4-3-5-23(26)37-24/h3-11,16-17,34H,12-15H2,1-2H3. The number of aryl methyl sites for hydroxylation is 1. The van der Waals surface area contributed by atoms with Crippen molar-refractivity contribution in [3.63, 3.8) is 0 Å². The number of carbonyl (C=O) groups excluding carboxylic acids is 2. The molecule has 1 saturated heterocycles. The van der Waals surface area contributed by atoms with Crippen molar-refractivity contribution >= 4 is 28.8 Å². The number of Topliss-reactive ketones (excluding diaryl/α,β-unsaturated/α-hetero) is 1. The molecule has 2 aromatic carbocycles. The van der Waals surface area contributed by atoms with Gasteiger partial charge in [-0.25, -0.2) is 4.98 Å². The molecule has 4 aromatic rings. The molecule has 0 atom stereocenters. The van der Waals surface area contributed by atoms with Crippen LogP contribution in [0, 0.1) is 0 Å². The van der Waals surface area contributed by atoms with E-state index in [4.69, 9.17) is 4.74 Å². The number of ether oxygens (including phenoxy) is 1. The molecule has 6 rings (SSSR count). The van der Waals surface area contributed by atoms with E-state index in [-0.39, 0.29) is 28.8 Å². The maximum absolute atomic E-state index is 13.0. The Hall–Kier alpha value is -4.43. The molecule has 0 saturated carbocycles. The maximum Gasteiger partial charge on any atom is 0.253 e. The number of aromatic nitrogens is 2. The minimum Gasteiger partial charge on any atom is -0.507 e. The molecule has 1 N–H and O–H groups in total. The van der Waals surface area contributed by atoms with Crippen LogP contribution in [0.15, 0.2) is 66.7 Å². The lowest BCUT2D eigenvalue weighted by atomic mass is 9.99. The van der Waals surface area contributed by atoms with Crippen LogP contribution in [0.4, 0.5) is 0 Å². The van der Waals surface area contributed by atoms with Gasteiger partial charge in [-0.05, 0) is 54.6 Å². The number of hydrogen-bond donors (Lipinski definition) is 1. The average Bonchev–Trinajstić information content (AvgIpc) is 3.41. The van der Waals surface area contributed by atoms with Crippen molar-refractivity contribution in [2.75, 3.05) is 33.2 Å². The number of fused-ring (bicyclic) bond motifs is 2. The number of amides is 1. The Balaban J connectivity index is 1.36. The third kappa shape index (κ3) is 3.95. The number of phenols is 1. The van der Waals surface area contributed by atoms with Gasteiger partial charge in [0.25, 0.3) is 5.91 Å². The van der Waals surface area contributed by atoms with Gasteiger partial charge < -0.3 is 24.2 Å². The van der Waals surface area contributed by atoms with Crippen LogP contribution >= 0.6 is 0 Å². The van der Waals surface area contributed by atoms with E-state index in [1.165, 1.54) is 6.07 Å². The van der Waals surface area contributed by atoms with E-state index in [0.717, 1.165) is 53.9 Å². The summed E-state index contributed by atoms with van der Waals surface area (Å²) in [5.41, 5.74) is 4.24. The zero-order chi connectivity index (χ0) is 25.7. The van der Waals surface area contributed by atoms with Gasteiger partial charge in [0.2, 0.25) is 5.78 Å². The Morgan fingerprint density at radius 2 is 1.78 bits per heavy atom. The number of nitrogens with zero attached hydrogens (tertiary/aromatic N) is 4. The minimum atomic E-state index is -0.359. The molecule has 0 spiro atoms. The number of likely N-dealkylation sites (N-methyl/N-ethyl adjacent to an activating group) is 1. The van der Waals surface area contributed by atoms with Gasteiger partial charge in [-0.2, -0.15) is 0 Å². The van der Waals surface area contributed by atoms with Crippen molar-refractivity contribution in [3.8, 4) is 22.6 Å². The fourth-order valence-corrected chi connectivity index (χ4v) is 5.03. The smallest absolute Gasteiger partial charge is 0.253 e. The van der Waals surface area contributed by atoms with Crippen molar-refractivity contribution < 1.29 is 19.4 Å². The minimum absolute atomic E-state index is 0.0457. The lowest BCUT2D eigenvalue weighted by molar-refractivity contribution is 0.0664. The molecule has 8 nitrogen and oxygen atoms in total. The molecule has 1 fully saturated rings. The van der Waals surface area contributed by atoms with Gasteiger partial charge in [0.1, 0.15) is 22.7 Å². The largest absolute Gasteiger partial charge is 0.507 e. The molecule has 0 bridgehead atoms. The van der Waals surface area contributed by atoms with Crippen molar-refractivity contribution in [2.45, 2.75) is 0 Å². The molecule has 37 heavy (non-hydrogen) atoms. The Bertz CT molecular complexity index is 1580. The number of allylic oxidation sites excluding steroid dienone is 1.